The van der Waals surface area contributed by atoms with Crippen LogP contribution >= 0.6 is 0 Å². The van der Waals surface area contributed by atoms with Crippen molar-refractivity contribution < 1.29 is 9.90 Å². The van der Waals surface area contributed by atoms with Crippen LogP contribution in [0.25, 0.3) is 0 Å². The highest BCUT2D eigenvalue weighted by Gasteiger charge is 2.42. The van der Waals surface area contributed by atoms with Crippen LogP contribution in [0.1, 0.15) is 30.1 Å². The minimum atomic E-state index is -0.668. The van der Waals surface area contributed by atoms with E-state index in [1.807, 2.05) is 6.92 Å². The highest BCUT2D eigenvalue weighted by Crippen LogP contribution is 2.27. The number of anilines is 1. The van der Waals surface area contributed by atoms with Gasteiger partial charge in [-0.1, -0.05) is 13.3 Å². The number of carbonyl (C=O) groups excluding carboxylic acids is 1. The van der Waals surface area contributed by atoms with Crippen LogP contribution in [-0.2, 0) is 0 Å². The highest BCUT2D eigenvalue weighted by atomic mass is 16.3. The van der Waals surface area contributed by atoms with Gasteiger partial charge in [-0.25, -0.2) is 0 Å². The van der Waals surface area contributed by atoms with Gasteiger partial charge in [-0.15, -0.1) is 0 Å². The molecule has 1 aromatic rings. The molecule has 4 heteroatoms. The molecule has 2 rings (SSSR count). The molecule has 92 valence electrons. The molecule has 0 spiro atoms. The monoisotopic (exact) mass is 234 g/mol. The predicted molar refractivity (Wildman–Crippen MR) is 66.6 cm³/mol. The second kappa shape index (κ2) is 4.37. The molecule has 0 saturated carbocycles. The molecule has 1 saturated heterocycles. The fourth-order valence-electron chi connectivity index (χ4n) is 2.24. The van der Waals surface area contributed by atoms with Crippen LogP contribution in [0.2, 0.25) is 0 Å². The third-order valence-corrected chi connectivity index (χ3v) is 3.13. The molecule has 0 bridgehead atoms. The molecule has 0 unspecified atom stereocenters. The number of amides is 1. The van der Waals surface area contributed by atoms with Crippen LogP contribution in [-0.4, -0.2) is 34.6 Å². The standard InChI is InChI=1S/C13H18N2O2/c1-2-7-13(17)8-15(9-13)12(16)10-3-5-11(14)6-4-10/h3-6,17H,2,7-9,14H2,1H3. The maximum Gasteiger partial charge on any atom is 0.254 e. The molecular weight excluding hydrogens is 216 g/mol. The van der Waals surface area contributed by atoms with E-state index >= 15 is 0 Å². The van der Waals surface area contributed by atoms with E-state index in [4.69, 9.17) is 5.73 Å². The topological polar surface area (TPSA) is 66.6 Å². The molecule has 1 aliphatic rings. The van der Waals surface area contributed by atoms with Crippen molar-refractivity contribution in [3.05, 3.63) is 29.8 Å². The number of rotatable bonds is 3. The summed E-state index contributed by atoms with van der Waals surface area (Å²) in [5, 5.41) is 10.0. The summed E-state index contributed by atoms with van der Waals surface area (Å²) in [6.07, 6.45) is 1.68. The number of carbonyl (C=O) groups is 1. The lowest BCUT2D eigenvalue weighted by atomic mass is 9.89. The van der Waals surface area contributed by atoms with Gasteiger partial charge in [0.05, 0.1) is 18.7 Å². The summed E-state index contributed by atoms with van der Waals surface area (Å²) in [5.41, 5.74) is 6.17. The number of hydrogen-bond donors (Lipinski definition) is 2. The van der Waals surface area contributed by atoms with Crippen molar-refractivity contribution in [2.45, 2.75) is 25.4 Å². The zero-order chi connectivity index (χ0) is 12.5. The summed E-state index contributed by atoms with van der Waals surface area (Å²) in [7, 11) is 0. The third kappa shape index (κ3) is 2.42. The average Bonchev–Trinajstić information content (AvgIpc) is 2.26. The number of benzene rings is 1. The molecule has 1 heterocycles. The summed E-state index contributed by atoms with van der Waals surface area (Å²) < 4.78 is 0. The lowest BCUT2D eigenvalue weighted by Gasteiger charge is -2.46. The van der Waals surface area contributed by atoms with Crippen molar-refractivity contribution in [2.75, 3.05) is 18.8 Å². The first-order valence-electron chi connectivity index (χ1n) is 5.91. The summed E-state index contributed by atoms with van der Waals surface area (Å²) in [6, 6.07) is 6.86. The van der Waals surface area contributed by atoms with Crippen LogP contribution in [0.4, 0.5) is 5.69 Å². The van der Waals surface area contributed by atoms with E-state index in [-0.39, 0.29) is 5.91 Å². The first-order valence-corrected chi connectivity index (χ1v) is 5.91. The predicted octanol–water partition coefficient (Wildman–Crippen LogP) is 1.26. The Kier molecular flexibility index (Phi) is 3.07. The molecule has 0 atom stereocenters. The Bertz CT molecular complexity index is 408. The van der Waals surface area contributed by atoms with E-state index in [0.29, 0.717) is 24.3 Å². The lowest BCUT2D eigenvalue weighted by Crippen LogP contribution is -2.63. The van der Waals surface area contributed by atoms with Gasteiger partial charge in [-0.05, 0) is 30.7 Å². The molecule has 0 aliphatic carbocycles. The van der Waals surface area contributed by atoms with Gasteiger partial charge in [-0.3, -0.25) is 4.79 Å². The molecule has 1 aromatic carbocycles. The minimum absolute atomic E-state index is 0.0363. The Morgan fingerprint density at radius 3 is 2.53 bits per heavy atom. The number of nitrogen functional groups attached to an aromatic ring is 1. The van der Waals surface area contributed by atoms with Crippen molar-refractivity contribution >= 4 is 11.6 Å². The van der Waals surface area contributed by atoms with E-state index in [2.05, 4.69) is 0 Å². The molecule has 0 radical (unpaired) electrons. The zero-order valence-electron chi connectivity index (χ0n) is 10.0. The van der Waals surface area contributed by atoms with Gasteiger partial charge in [0.15, 0.2) is 0 Å². The summed E-state index contributed by atoms with van der Waals surface area (Å²) in [4.78, 5) is 13.7. The molecule has 17 heavy (non-hydrogen) atoms. The quantitative estimate of drug-likeness (QED) is 0.774. The summed E-state index contributed by atoms with van der Waals surface area (Å²) in [5.74, 6) is -0.0363. The first-order chi connectivity index (χ1) is 8.04. The number of nitrogens with two attached hydrogens (primary N) is 1. The normalized spacial score (nSPS) is 17.6. The second-order valence-corrected chi connectivity index (χ2v) is 4.76. The van der Waals surface area contributed by atoms with Crippen LogP contribution in [0, 0.1) is 0 Å². The Balaban J connectivity index is 1.97. The van der Waals surface area contributed by atoms with Crippen LogP contribution < -0.4 is 5.73 Å². The smallest absolute Gasteiger partial charge is 0.254 e. The molecular formula is C13H18N2O2. The van der Waals surface area contributed by atoms with E-state index in [9.17, 15) is 9.90 Å². The van der Waals surface area contributed by atoms with E-state index in [0.717, 1.165) is 12.8 Å². The summed E-state index contributed by atoms with van der Waals surface area (Å²) in [6.45, 7) is 2.90. The van der Waals surface area contributed by atoms with Crippen molar-refractivity contribution in [1.82, 2.24) is 4.90 Å². The molecule has 1 amide bonds. The SMILES string of the molecule is CCCC1(O)CN(C(=O)c2ccc(N)cc2)C1. The fourth-order valence-corrected chi connectivity index (χ4v) is 2.24. The number of likely N-dealkylation sites (tertiary alicyclic amines) is 1. The number of nitrogens with zero attached hydrogens (tertiary/aromatic N) is 1. The highest BCUT2D eigenvalue weighted by molar-refractivity contribution is 5.95. The van der Waals surface area contributed by atoms with Crippen molar-refractivity contribution in [3.8, 4) is 0 Å². The first kappa shape index (κ1) is 11.9. The third-order valence-electron chi connectivity index (χ3n) is 3.13. The summed E-state index contributed by atoms with van der Waals surface area (Å²) >= 11 is 0. The van der Waals surface area contributed by atoms with E-state index < -0.39 is 5.60 Å². The van der Waals surface area contributed by atoms with Crippen LogP contribution in [0.15, 0.2) is 24.3 Å². The molecule has 4 nitrogen and oxygen atoms in total. The molecule has 0 aromatic heterocycles. The van der Waals surface area contributed by atoms with Gasteiger partial charge in [0.25, 0.3) is 5.91 Å². The Labute approximate surface area is 101 Å². The largest absolute Gasteiger partial charge is 0.399 e. The Hall–Kier alpha value is -1.55. The lowest BCUT2D eigenvalue weighted by molar-refractivity contribution is -0.0860. The number of hydrogen-bond acceptors (Lipinski definition) is 3. The second-order valence-electron chi connectivity index (χ2n) is 4.76. The number of β-amino-alcohol motifs (C(OH)–C–C–N with tert-alkyl or cyclic N) is 1. The fraction of sp³-hybridized carbons (Fsp3) is 0.462. The van der Waals surface area contributed by atoms with Gasteiger partial charge in [0, 0.05) is 11.3 Å². The van der Waals surface area contributed by atoms with Crippen molar-refractivity contribution in [3.63, 3.8) is 0 Å². The maximum atomic E-state index is 12.0. The van der Waals surface area contributed by atoms with Crippen molar-refractivity contribution in [1.29, 1.82) is 0 Å². The van der Waals surface area contributed by atoms with E-state index in [1.165, 1.54) is 0 Å². The minimum Gasteiger partial charge on any atom is -0.399 e. The van der Waals surface area contributed by atoms with Crippen LogP contribution in [0.3, 0.4) is 0 Å². The van der Waals surface area contributed by atoms with Gasteiger partial charge in [-0.2, -0.15) is 0 Å². The number of aliphatic hydroxyl groups is 1. The zero-order valence-corrected chi connectivity index (χ0v) is 10.0. The maximum absolute atomic E-state index is 12.0. The average molecular weight is 234 g/mol. The van der Waals surface area contributed by atoms with Gasteiger partial charge in [0.2, 0.25) is 0 Å². The van der Waals surface area contributed by atoms with Gasteiger partial charge in [0.1, 0.15) is 0 Å². The van der Waals surface area contributed by atoms with E-state index in [1.54, 1.807) is 29.2 Å². The molecule has 1 aliphatic heterocycles. The van der Waals surface area contributed by atoms with Gasteiger partial charge < -0.3 is 15.7 Å². The van der Waals surface area contributed by atoms with Crippen LogP contribution in [0.5, 0.6) is 0 Å². The molecule has 3 N–H and O–H groups in total. The Morgan fingerprint density at radius 1 is 1.41 bits per heavy atom. The van der Waals surface area contributed by atoms with Gasteiger partial charge >= 0.3 is 0 Å². The van der Waals surface area contributed by atoms with Crippen molar-refractivity contribution in [2.24, 2.45) is 0 Å². The Morgan fingerprint density at radius 2 is 2.00 bits per heavy atom. The molecule has 1 fully saturated rings.